The lowest BCUT2D eigenvalue weighted by Crippen LogP contribution is -2.36. The number of nitro benzene ring substituents is 1. The summed E-state index contributed by atoms with van der Waals surface area (Å²) in [5, 5.41) is 20.1. The molecule has 112 valence electrons. The quantitative estimate of drug-likeness (QED) is 0.510. The van der Waals surface area contributed by atoms with Crippen LogP contribution in [0.3, 0.4) is 0 Å². The largest absolute Gasteiger partial charge is 0.480 e. The van der Waals surface area contributed by atoms with Crippen LogP contribution in [0.4, 0.5) is 5.69 Å². The number of ether oxygens (including phenoxy) is 1. The van der Waals surface area contributed by atoms with Crippen molar-refractivity contribution in [3.05, 3.63) is 46.0 Å². The molecule has 0 amide bonds. The molecule has 1 atom stereocenters. The number of hydrogen-bond acceptors (Lipinski definition) is 4. The van der Waals surface area contributed by atoms with Crippen LogP contribution >= 0.6 is 0 Å². The summed E-state index contributed by atoms with van der Waals surface area (Å²) in [7, 11) is 0. The van der Waals surface area contributed by atoms with E-state index in [1.54, 1.807) is 0 Å². The first-order valence-electron chi connectivity index (χ1n) is 6.68. The Morgan fingerprint density at radius 1 is 1.48 bits per heavy atom. The van der Waals surface area contributed by atoms with E-state index in [-0.39, 0.29) is 22.9 Å². The van der Waals surface area contributed by atoms with Crippen molar-refractivity contribution in [3.63, 3.8) is 0 Å². The predicted molar refractivity (Wildman–Crippen MR) is 76.6 cm³/mol. The van der Waals surface area contributed by atoms with Crippen LogP contribution in [0.5, 0.6) is 5.75 Å². The molecule has 1 unspecified atom stereocenters. The fourth-order valence-corrected chi connectivity index (χ4v) is 2.45. The number of allylic oxidation sites excluding steroid dienone is 1. The number of nitro groups is 1. The zero-order valence-electron chi connectivity index (χ0n) is 11.9. The summed E-state index contributed by atoms with van der Waals surface area (Å²) in [6.45, 7) is 3.70. The first-order chi connectivity index (χ1) is 9.81. The van der Waals surface area contributed by atoms with Gasteiger partial charge in [0.05, 0.1) is 10.5 Å². The molecule has 21 heavy (non-hydrogen) atoms. The van der Waals surface area contributed by atoms with Gasteiger partial charge >= 0.3 is 11.7 Å². The molecule has 1 N–H and O–H groups in total. The van der Waals surface area contributed by atoms with Gasteiger partial charge in [0, 0.05) is 18.1 Å². The van der Waals surface area contributed by atoms with Crippen molar-refractivity contribution < 1.29 is 19.6 Å². The topological polar surface area (TPSA) is 89.7 Å². The maximum Gasteiger partial charge on any atom is 0.335 e. The van der Waals surface area contributed by atoms with E-state index in [4.69, 9.17) is 9.84 Å². The van der Waals surface area contributed by atoms with Gasteiger partial charge in [0.25, 0.3) is 0 Å². The minimum atomic E-state index is -1.15. The average Bonchev–Trinajstić information content (AvgIpc) is 2.92. The molecule has 0 saturated heterocycles. The molecule has 0 aliphatic heterocycles. The molecular formula is C15H17NO5. The van der Waals surface area contributed by atoms with Crippen molar-refractivity contribution >= 4 is 11.7 Å². The highest BCUT2D eigenvalue weighted by Gasteiger charge is 2.33. The molecule has 6 nitrogen and oxygen atoms in total. The van der Waals surface area contributed by atoms with E-state index in [1.807, 2.05) is 19.9 Å². The zero-order chi connectivity index (χ0) is 15.6. The lowest BCUT2D eigenvalue weighted by atomic mass is 9.90. The van der Waals surface area contributed by atoms with E-state index < -0.39 is 16.5 Å². The third-order valence-electron chi connectivity index (χ3n) is 3.68. The number of rotatable bonds is 5. The Bertz CT molecular complexity index is 606. The van der Waals surface area contributed by atoms with Crippen LogP contribution in [0.2, 0.25) is 0 Å². The molecule has 1 aliphatic rings. The summed E-state index contributed by atoms with van der Waals surface area (Å²) in [6.07, 6.45) is 5.96. The summed E-state index contributed by atoms with van der Waals surface area (Å²) in [5.41, 5.74) is -0.905. The molecule has 0 radical (unpaired) electrons. The molecule has 0 bridgehead atoms. The van der Waals surface area contributed by atoms with Crippen LogP contribution in [0.25, 0.3) is 0 Å². The molecule has 6 heteroatoms. The van der Waals surface area contributed by atoms with Crippen LogP contribution < -0.4 is 4.74 Å². The molecule has 0 saturated carbocycles. The van der Waals surface area contributed by atoms with Crippen molar-refractivity contribution in [3.8, 4) is 5.75 Å². The smallest absolute Gasteiger partial charge is 0.335 e. The van der Waals surface area contributed by atoms with Crippen molar-refractivity contribution in [2.24, 2.45) is 5.92 Å². The Morgan fingerprint density at radius 2 is 2.19 bits per heavy atom. The van der Waals surface area contributed by atoms with Crippen molar-refractivity contribution in [2.45, 2.75) is 32.3 Å². The first kappa shape index (κ1) is 15.0. The number of benzene rings is 1. The normalized spacial score (nSPS) is 17.7. The summed E-state index contributed by atoms with van der Waals surface area (Å²) in [4.78, 5) is 21.5. The SMILES string of the molecule is CC(C)(Oc1cc(C(=O)O)ccc1[N+](=O)[O-])C1C=CCC1. The maximum absolute atomic E-state index is 11.1. The molecule has 1 aliphatic carbocycles. The lowest BCUT2D eigenvalue weighted by molar-refractivity contribution is -0.386. The zero-order valence-corrected chi connectivity index (χ0v) is 11.9. The number of carbonyl (C=O) groups is 1. The molecule has 2 rings (SSSR count). The number of hydrogen-bond donors (Lipinski definition) is 1. The van der Waals surface area contributed by atoms with Gasteiger partial charge in [0.1, 0.15) is 5.60 Å². The van der Waals surface area contributed by atoms with Gasteiger partial charge in [0.2, 0.25) is 0 Å². The molecule has 0 aromatic heterocycles. The van der Waals surface area contributed by atoms with Crippen molar-refractivity contribution in [1.29, 1.82) is 0 Å². The van der Waals surface area contributed by atoms with Crippen molar-refractivity contribution in [2.75, 3.05) is 0 Å². The Hall–Kier alpha value is -2.37. The Morgan fingerprint density at radius 3 is 2.71 bits per heavy atom. The Kier molecular flexibility index (Phi) is 3.97. The second kappa shape index (κ2) is 5.55. The number of aromatic carboxylic acids is 1. The van der Waals surface area contributed by atoms with Gasteiger partial charge in [0.15, 0.2) is 5.75 Å². The average molecular weight is 291 g/mol. The van der Waals surface area contributed by atoms with Crippen LogP contribution in [-0.4, -0.2) is 21.6 Å². The molecular weight excluding hydrogens is 274 g/mol. The Balaban J connectivity index is 2.36. The maximum atomic E-state index is 11.1. The summed E-state index contributed by atoms with van der Waals surface area (Å²) in [6, 6.07) is 3.58. The fourth-order valence-electron chi connectivity index (χ4n) is 2.45. The number of carboxylic acids is 1. The lowest BCUT2D eigenvalue weighted by Gasteiger charge is -2.31. The third-order valence-corrected chi connectivity index (χ3v) is 3.68. The van der Waals surface area contributed by atoms with Gasteiger partial charge in [-0.15, -0.1) is 0 Å². The standard InChI is InChI=1S/C15H17NO5/c1-15(2,11-5-3-4-6-11)21-13-9-10(14(17)18)7-8-12(13)16(19)20/h3,5,7-9,11H,4,6H2,1-2H3,(H,17,18). The van der Waals surface area contributed by atoms with Gasteiger partial charge in [-0.05, 0) is 32.8 Å². The van der Waals surface area contributed by atoms with E-state index in [1.165, 1.54) is 18.2 Å². The van der Waals surface area contributed by atoms with Crippen LogP contribution in [0.15, 0.2) is 30.4 Å². The van der Waals surface area contributed by atoms with E-state index >= 15 is 0 Å². The molecule has 1 aromatic carbocycles. The minimum absolute atomic E-state index is 0.00907. The van der Waals surface area contributed by atoms with Gasteiger partial charge in [-0.1, -0.05) is 12.2 Å². The molecule has 0 spiro atoms. The summed E-state index contributed by atoms with van der Waals surface area (Å²) < 4.78 is 5.81. The second-order valence-electron chi connectivity index (χ2n) is 5.56. The van der Waals surface area contributed by atoms with Crippen LogP contribution in [0.1, 0.15) is 37.0 Å². The highest BCUT2D eigenvalue weighted by molar-refractivity contribution is 5.88. The second-order valence-corrected chi connectivity index (χ2v) is 5.56. The fraction of sp³-hybridized carbons (Fsp3) is 0.400. The van der Waals surface area contributed by atoms with Crippen LogP contribution in [-0.2, 0) is 0 Å². The predicted octanol–water partition coefficient (Wildman–Crippen LogP) is 3.42. The number of nitrogens with zero attached hydrogens (tertiary/aromatic N) is 1. The van der Waals surface area contributed by atoms with E-state index in [0.717, 1.165) is 12.8 Å². The van der Waals surface area contributed by atoms with E-state index in [0.29, 0.717) is 0 Å². The summed E-state index contributed by atoms with van der Waals surface area (Å²) >= 11 is 0. The monoisotopic (exact) mass is 291 g/mol. The first-order valence-corrected chi connectivity index (χ1v) is 6.68. The van der Waals surface area contributed by atoms with Gasteiger partial charge in [-0.25, -0.2) is 4.79 Å². The molecule has 0 fully saturated rings. The highest BCUT2D eigenvalue weighted by Crippen LogP contribution is 2.36. The van der Waals surface area contributed by atoms with Crippen molar-refractivity contribution in [1.82, 2.24) is 0 Å². The van der Waals surface area contributed by atoms with E-state index in [9.17, 15) is 14.9 Å². The highest BCUT2D eigenvalue weighted by atomic mass is 16.6. The van der Waals surface area contributed by atoms with Crippen LogP contribution in [0, 0.1) is 16.0 Å². The van der Waals surface area contributed by atoms with Gasteiger partial charge in [-0.3, -0.25) is 10.1 Å². The minimum Gasteiger partial charge on any atom is -0.480 e. The summed E-state index contributed by atoms with van der Waals surface area (Å²) in [5.74, 6) is -1.01. The van der Waals surface area contributed by atoms with Gasteiger partial charge in [-0.2, -0.15) is 0 Å². The Labute approximate surface area is 122 Å². The van der Waals surface area contributed by atoms with Gasteiger partial charge < -0.3 is 9.84 Å². The molecule has 1 aromatic rings. The third kappa shape index (κ3) is 3.21. The number of carboxylic acid groups (broad SMARTS) is 1. The van der Waals surface area contributed by atoms with E-state index in [2.05, 4.69) is 6.08 Å². The molecule has 0 heterocycles.